The van der Waals surface area contributed by atoms with Crippen LogP contribution in [0.15, 0.2) is 60.7 Å². The van der Waals surface area contributed by atoms with E-state index in [9.17, 15) is 9.18 Å². The lowest BCUT2D eigenvalue weighted by atomic mass is 10.2. The van der Waals surface area contributed by atoms with E-state index in [0.717, 1.165) is 5.69 Å². The summed E-state index contributed by atoms with van der Waals surface area (Å²) < 4.78 is 13.8. The molecule has 2 aromatic carbocycles. The number of anilines is 3. The van der Waals surface area contributed by atoms with Crippen LogP contribution in [0.25, 0.3) is 0 Å². The summed E-state index contributed by atoms with van der Waals surface area (Å²) in [6.45, 7) is 1.76. The van der Waals surface area contributed by atoms with Crippen molar-refractivity contribution in [2.45, 2.75) is 6.92 Å². The highest BCUT2D eigenvalue weighted by molar-refractivity contribution is 6.04. The highest BCUT2D eigenvalue weighted by Gasteiger charge is 2.17. The molecule has 0 aliphatic carbocycles. The molecule has 0 radical (unpaired) electrons. The van der Waals surface area contributed by atoms with Crippen LogP contribution >= 0.6 is 0 Å². The molecule has 1 N–H and O–H groups in total. The third-order valence-corrected chi connectivity index (χ3v) is 3.64. The molecule has 1 amide bonds. The van der Waals surface area contributed by atoms with Crippen LogP contribution in [0.1, 0.15) is 16.2 Å². The zero-order valence-corrected chi connectivity index (χ0v) is 13.9. The van der Waals surface area contributed by atoms with Gasteiger partial charge in [-0.3, -0.25) is 4.79 Å². The number of carbonyl (C=O) groups is 1. The molecule has 0 fully saturated rings. The molecule has 0 spiro atoms. The Morgan fingerprint density at radius 1 is 1.04 bits per heavy atom. The topological polar surface area (TPSA) is 58.1 Å². The fourth-order valence-corrected chi connectivity index (χ4v) is 2.36. The third-order valence-electron chi connectivity index (χ3n) is 3.64. The Labute approximate surface area is 145 Å². The summed E-state index contributed by atoms with van der Waals surface area (Å²) in [4.78, 5) is 22.7. The molecule has 25 heavy (non-hydrogen) atoms. The summed E-state index contributed by atoms with van der Waals surface area (Å²) >= 11 is 0. The Balaban J connectivity index is 1.89. The van der Waals surface area contributed by atoms with Gasteiger partial charge in [-0.05, 0) is 37.3 Å². The van der Waals surface area contributed by atoms with Crippen molar-refractivity contribution in [2.24, 2.45) is 0 Å². The minimum atomic E-state index is -0.415. The van der Waals surface area contributed by atoms with Crippen molar-refractivity contribution in [3.63, 3.8) is 0 Å². The number of benzene rings is 2. The van der Waals surface area contributed by atoms with Crippen LogP contribution in [0, 0.1) is 12.7 Å². The van der Waals surface area contributed by atoms with Crippen LogP contribution in [0.2, 0.25) is 0 Å². The molecule has 1 heterocycles. The van der Waals surface area contributed by atoms with E-state index in [0.29, 0.717) is 5.69 Å². The van der Waals surface area contributed by atoms with E-state index in [4.69, 9.17) is 0 Å². The van der Waals surface area contributed by atoms with Gasteiger partial charge in [0.05, 0.1) is 5.69 Å². The average Bonchev–Trinajstić information content (AvgIpc) is 2.62. The van der Waals surface area contributed by atoms with Crippen LogP contribution in [-0.2, 0) is 0 Å². The maximum atomic E-state index is 13.8. The van der Waals surface area contributed by atoms with Crippen molar-refractivity contribution in [1.82, 2.24) is 9.97 Å². The van der Waals surface area contributed by atoms with E-state index in [1.807, 2.05) is 30.3 Å². The molecule has 6 heteroatoms. The molecule has 3 rings (SSSR count). The molecule has 0 saturated carbocycles. The number of carbonyl (C=O) groups excluding carboxylic acids is 1. The van der Waals surface area contributed by atoms with Crippen LogP contribution in [0.4, 0.5) is 21.7 Å². The van der Waals surface area contributed by atoms with Crippen LogP contribution < -0.4 is 10.2 Å². The van der Waals surface area contributed by atoms with Crippen LogP contribution in [0.3, 0.4) is 0 Å². The maximum absolute atomic E-state index is 13.8. The molecule has 126 valence electrons. The average molecular weight is 336 g/mol. The van der Waals surface area contributed by atoms with E-state index in [1.54, 1.807) is 38.2 Å². The van der Waals surface area contributed by atoms with E-state index in [-0.39, 0.29) is 23.2 Å². The van der Waals surface area contributed by atoms with Crippen molar-refractivity contribution in [2.75, 3.05) is 17.3 Å². The van der Waals surface area contributed by atoms with Gasteiger partial charge in [-0.25, -0.2) is 14.4 Å². The molecule has 0 atom stereocenters. The second kappa shape index (κ2) is 7.09. The Bertz CT molecular complexity index is 899. The smallest absolute Gasteiger partial charge is 0.276 e. The van der Waals surface area contributed by atoms with Crippen molar-refractivity contribution < 1.29 is 9.18 Å². The standard InChI is InChI=1S/C19H17FN4O/c1-13-12-17(18(25)24(2)14-8-4-3-5-9-14)23-19(21-13)22-16-11-7-6-10-15(16)20/h3-12H,1-2H3,(H,21,22,23). The molecular formula is C19H17FN4O. The molecule has 0 unspecified atom stereocenters. The second-order valence-electron chi connectivity index (χ2n) is 5.52. The number of hydrogen-bond donors (Lipinski definition) is 1. The van der Waals surface area contributed by atoms with Crippen molar-refractivity contribution in [3.05, 3.63) is 77.9 Å². The van der Waals surface area contributed by atoms with Gasteiger partial charge in [0.15, 0.2) is 0 Å². The SMILES string of the molecule is Cc1cc(C(=O)N(C)c2ccccc2)nc(Nc2ccccc2F)n1. The first-order valence-corrected chi connectivity index (χ1v) is 7.75. The minimum absolute atomic E-state index is 0.176. The van der Waals surface area contributed by atoms with Gasteiger partial charge in [-0.2, -0.15) is 0 Å². The molecule has 0 bridgehead atoms. The zero-order chi connectivity index (χ0) is 17.8. The minimum Gasteiger partial charge on any atom is -0.322 e. The van der Waals surface area contributed by atoms with Crippen molar-refractivity contribution in [3.8, 4) is 0 Å². The maximum Gasteiger partial charge on any atom is 0.276 e. The van der Waals surface area contributed by atoms with E-state index >= 15 is 0 Å². The number of nitrogens with zero attached hydrogens (tertiary/aromatic N) is 3. The van der Waals surface area contributed by atoms with Gasteiger partial charge in [0.2, 0.25) is 5.95 Å². The van der Waals surface area contributed by atoms with Gasteiger partial charge in [0.1, 0.15) is 11.5 Å². The summed E-state index contributed by atoms with van der Waals surface area (Å²) in [5.41, 5.74) is 1.85. The number of aryl methyl sites for hydroxylation is 1. The molecule has 0 aliphatic heterocycles. The summed E-state index contributed by atoms with van der Waals surface area (Å²) in [7, 11) is 1.68. The third kappa shape index (κ3) is 3.80. The van der Waals surface area contributed by atoms with Crippen molar-refractivity contribution in [1.29, 1.82) is 0 Å². The Hall–Kier alpha value is -3.28. The zero-order valence-electron chi connectivity index (χ0n) is 13.9. The Morgan fingerprint density at radius 2 is 1.72 bits per heavy atom. The highest BCUT2D eigenvalue weighted by atomic mass is 19.1. The molecule has 5 nitrogen and oxygen atoms in total. The van der Waals surface area contributed by atoms with Crippen LogP contribution in [0.5, 0.6) is 0 Å². The van der Waals surface area contributed by atoms with Gasteiger partial charge in [-0.1, -0.05) is 30.3 Å². The normalized spacial score (nSPS) is 10.4. The quantitative estimate of drug-likeness (QED) is 0.784. The lowest BCUT2D eigenvalue weighted by Crippen LogP contribution is -2.27. The highest BCUT2D eigenvalue weighted by Crippen LogP contribution is 2.19. The molecule has 0 saturated heterocycles. The predicted molar refractivity (Wildman–Crippen MR) is 95.6 cm³/mol. The van der Waals surface area contributed by atoms with E-state index in [1.165, 1.54) is 11.0 Å². The first-order chi connectivity index (χ1) is 12.0. The number of halogens is 1. The molecule has 3 aromatic rings. The molecule has 0 aliphatic rings. The summed E-state index contributed by atoms with van der Waals surface area (Å²) in [6.07, 6.45) is 0. The summed E-state index contributed by atoms with van der Waals surface area (Å²) in [5, 5.41) is 2.82. The Morgan fingerprint density at radius 3 is 2.44 bits per heavy atom. The number of hydrogen-bond acceptors (Lipinski definition) is 4. The van der Waals surface area contributed by atoms with Gasteiger partial charge >= 0.3 is 0 Å². The predicted octanol–water partition coefficient (Wildman–Crippen LogP) is 3.94. The van der Waals surface area contributed by atoms with E-state index < -0.39 is 5.82 Å². The van der Waals surface area contributed by atoms with Gasteiger partial charge < -0.3 is 10.2 Å². The molecule has 1 aromatic heterocycles. The first kappa shape index (κ1) is 16.6. The van der Waals surface area contributed by atoms with Crippen molar-refractivity contribution >= 4 is 23.2 Å². The largest absolute Gasteiger partial charge is 0.322 e. The Kier molecular flexibility index (Phi) is 4.70. The lowest BCUT2D eigenvalue weighted by Gasteiger charge is -2.17. The molecular weight excluding hydrogens is 319 g/mol. The number of para-hydroxylation sites is 2. The first-order valence-electron chi connectivity index (χ1n) is 7.75. The van der Waals surface area contributed by atoms with Crippen LogP contribution in [-0.4, -0.2) is 22.9 Å². The van der Waals surface area contributed by atoms with Gasteiger partial charge in [0.25, 0.3) is 5.91 Å². The van der Waals surface area contributed by atoms with E-state index in [2.05, 4.69) is 15.3 Å². The lowest BCUT2D eigenvalue weighted by molar-refractivity contribution is 0.0988. The summed E-state index contributed by atoms with van der Waals surface area (Å²) in [6, 6.07) is 17.1. The second-order valence-corrected chi connectivity index (χ2v) is 5.52. The summed E-state index contributed by atoms with van der Waals surface area (Å²) in [5.74, 6) is -0.509. The fraction of sp³-hybridized carbons (Fsp3) is 0.105. The number of amides is 1. The number of aromatic nitrogens is 2. The number of nitrogens with one attached hydrogen (secondary N) is 1. The number of rotatable bonds is 4. The fourth-order valence-electron chi connectivity index (χ4n) is 2.36. The van der Waals surface area contributed by atoms with Gasteiger partial charge in [-0.15, -0.1) is 0 Å². The van der Waals surface area contributed by atoms with Gasteiger partial charge in [0, 0.05) is 18.4 Å². The monoisotopic (exact) mass is 336 g/mol.